The molecule has 2 aliphatic heterocycles. The molecule has 3 heterocycles. The summed E-state index contributed by atoms with van der Waals surface area (Å²) < 4.78 is 27.7. The molecule has 0 saturated carbocycles. The second-order valence-corrected chi connectivity index (χ2v) is 6.88. The van der Waals surface area contributed by atoms with Crippen LogP contribution in [0.1, 0.15) is 37.2 Å². The van der Waals surface area contributed by atoms with Gasteiger partial charge in [-0.05, 0) is 49.4 Å². The molecule has 2 saturated heterocycles. The first-order chi connectivity index (χ1) is 12.2. The molecule has 1 unspecified atom stereocenters. The lowest BCUT2D eigenvalue weighted by molar-refractivity contribution is 0.480. The van der Waals surface area contributed by atoms with Crippen LogP contribution in [0.25, 0.3) is 0 Å². The van der Waals surface area contributed by atoms with Gasteiger partial charge in [-0.1, -0.05) is 0 Å². The Bertz CT molecular complexity index is 746. The molecule has 1 aromatic carbocycles. The monoisotopic (exact) mass is 344 g/mol. The number of hydrogen-bond donors (Lipinski definition) is 0. The summed E-state index contributed by atoms with van der Waals surface area (Å²) in [6, 6.07) is 5.75. The van der Waals surface area contributed by atoms with Crippen LogP contribution in [-0.4, -0.2) is 36.1 Å². The molecule has 6 heteroatoms. The molecule has 0 radical (unpaired) electrons. The molecule has 1 aromatic heterocycles. The first-order valence-electron chi connectivity index (χ1n) is 8.97. The average Bonchev–Trinajstić information content (AvgIpc) is 3.19. The van der Waals surface area contributed by atoms with Gasteiger partial charge in [-0.25, -0.2) is 18.7 Å². The van der Waals surface area contributed by atoms with Crippen LogP contribution in [-0.2, 0) is 0 Å². The van der Waals surface area contributed by atoms with Crippen molar-refractivity contribution in [2.24, 2.45) is 0 Å². The Morgan fingerprint density at radius 3 is 2.40 bits per heavy atom. The number of rotatable bonds is 3. The van der Waals surface area contributed by atoms with Gasteiger partial charge in [-0.3, -0.25) is 0 Å². The molecule has 25 heavy (non-hydrogen) atoms. The van der Waals surface area contributed by atoms with Crippen molar-refractivity contribution in [2.75, 3.05) is 36.0 Å². The topological polar surface area (TPSA) is 32.3 Å². The molecule has 0 aliphatic carbocycles. The Kier molecular flexibility index (Phi) is 4.51. The molecule has 4 nitrogen and oxygen atoms in total. The third-order valence-corrected chi connectivity index (χ3v) is 5.21. The van der Waals surface area contributed by atoms with E-state index in [9.17, 15) is 8.78 Å². The minimum Gasteiger partial charge on any atom is -0.356 e. The Labute approximate surface area is 146 Å². The van der Waals surface area contributed by atoms with Gasteiger partial charge in [0, 0.05) is 38.2 Å². The van der Waals surface area contributed by atoms with Crippen LogP contribution in [0.3, 0.4) is 0 Å². The molecular weight excluding hydrogens is 322 g/mol. The highest BCUT2D eigenvalue weighted by molar-refractivity contribution is 5.51. The van der Waals surface area contributed by atoms with Gasteiger partial charge in [0.1, 0.15) is 29.6 Å². The maximum atomic E-state index is 14.1. The standard InChI is InChI=1S/C19H22F2N4/c20-15-5-6-17(21)16(10-15)14-4-3-9-25(12-14)19-11-18(22-13-23-19)24-7-1-2-8-24/h5-6,10-11,13-14H,1-4,7-9,12H2. The van der Waals surface area contributed by atoms with Crippen LogP contribution in [0.5, 0.6) is 0 Å². The molecule has 0 bridgehead atoms. The highest BCUT2D eigenvalue weighted by Gasteiger charge is 2.25. The number of anilines is 2. The van der Waals surface area contributed by atoms with Crippen LogP contribution in [0.4, 0.5) is 20.4 Å². The van der Waals surface area contributed by atoms with Gasteiger partial charge in [0.05, 0.1) is 0 Å². The van der Waals surface area contributed by atoms with E-state index < -0.39 is 0 Å². The average molecular weight is 344 g/mol. The maximum Gasteiger partial charge on any atom is 0.134 e. The third-order valence-electron chi connectivity index (χ3n) is 5.21. The van der Waals surface area contributed by atoms with Crippen LogP contribution in [0.2, 0.25) is 0 Å². The van der Waals surface area contributed by atoms with Gasteiger partial charge in [0.2, 0.25) is 0 Å². The molecule has 2 aromatic rings. The highest BCUT2D eigenvalue weighted by atomic mass is 19.1. The summed E-state index contributed by atoms with van der Waals surface area (Å²) in [5.74, 6) is 1.11. The van der Waals surface area contributed by atoms with Crippen LogP contribution >= 0.6 is 0 Å². The molecular formula is C19H22F2N4. The Morgan fingerprint density at radius 2 is 1.60 bits per heavy atom. The van der Waals surface area contributed by atoms with E-state index in [1.807, 2.05) is 6.07 Å². The van der Waals surface area contributed by atoms with Crippen molar-refractivity contribution in [3.63, 3.8) is 0 Å². The summed E-state index contributed by atoms with van der Waals surface area (Å²) in [5.41, 5.74) is 0.471. The van der Waals surface area contributed by atoms with E-state index >= 15 is 0 Å². The first-order valence-corrected chi connectivity index (χ1v) is 8.97. The molecule has 2 aliphatic rings. The number of aromatic nitrogens is 2. The highest BCUT2D eigenvalue weighted by Crippen LogP contribution is 2.32. The smallest absolute Gasteiger partial charge is 0.134 e. The van der Waals surface area contributed by atoms with Gasteiger partial charge in [-0.15, -0.1) is 0 Å². The van der Waals surface area contributed by atoms with Crippen LogP contribution in [0.15, 0.2) is 30.6 Å². The van der Waals surface area contributed by atoms with Gasteiger partial charge < -0.3 is 9.80 Å². The van der Waals surface area contributed by atoms with E-state index in [0.29, 0.717) is 12.1 Å². The molecule has 1 atom stereocenters. The van der Waals surface area contributed by atoms with Crippen LogP contribution in [0, 0.1) is 11.6 Å². The van der Waals surface area contributed by atoms with Crippen molar-refractivity contribution in [3.8, 4) is 0 Å². The summed E-state index contributed by atoms with van der Waals surface area (Å²) in [4.78, 5) is 13.3. The molecule has 132 valence electrons. The zero-order chi connectivity index (χ0) is 17.2. The second kappa shape index (κ2) is 6.94. The summed E-state index contributed by atoms with van der Waals surface area (Å²) in [6.07, 6.45) is 5.80. The number of nitrogens with zero attached hydrogens (tertiary/aromatic N) is 4. The van der Waals surface area contributed by atoms with E-state index in [-0.39, 0.29) is 17.6 Å². The van der Waals surface area contributed by atoms with Gasteiger partial charge in [0.25, 0.3) is 0 Å². The van der Waals surface area contributed by atoms with Gasteiger partial charge in [-0.2, -0.15) is 0 Å². The van der Waals surface area contributed by atoms with E-state index in [2.05, 4.69) is 19.8 Å². The SMILES string of the molecule is Fc1ccc(F)c(C2CCCN(c3cc(N4CCCC4)ncn3)C2)c1. The predicted octanol–water partition coefficient (Wildman–Crippen LogP) is 3.74. The normalized spacial score (nSPS) is 21.0. The van der Waals surface area contributed by atoms with E-state index in [1.165, 1.54) is 31.0 Å². The summed E-state index contributed by atoms with van der Waals surface area (Å²) in [6.45, 7) is 3.60. The van der Waals surface area contributed by atoms with Crippen molar-refractivity contribution in [3.05, 3.63) is 47.8 Å². The van der Waals surface area contributed by atoms with Gasteiger partial charge in [0.15, 0.2) is 0 Å². The zero-order valence-corrected chi connectivity index (χ0v) is 14.2. The predicted molar refractivity (Wildman–Crippen MR) is 94.0 cm³/mol. The fourth-order valence-corrected chi connectivity index (χ4v) is 3.90. The second-order valence-electron chi connectivity index (χ2n) is 6.88. The number of halogens is 2. The maximum absolute atomic E-state index is 14.1. The minimum atomic E-state index is -0.383. The van der Waals surface area contributed by atoms with Crippen LogP contribution < -0.4 is 9.80 Å². The number of benzene rings is 1. The lowest BCUT2D eigenvalue weighted by Gasteiger charge is -2.34. The largest absolute Gasteiger partial charge is 0.356 e. The van der Waals surface area contributed by atoms with Crippen molar-refractivity contribution >= 4 is 11.6 Å². The Morgan fingerprint density at radius 1 is 0.880 bits per heavy atom. The molecule has 0 spiro atoms. The molecule has 4 rings (SSSR count). The van der Waals surface area contributed by atoms with Crippen molar-refractivity contribution in [1.82, 2.24) is 9.97 Å². The Hall–Kier alpha value is -2.24. The fraction of sp³-hybridized carbons (Fsp3) is 0.474. The molecule has 0 N–H and O–H groups in total. The lowest BCUT2D eigenvalue weighted by atomic mass is 9.90. The van der Waals surface area contributed by atoms with E-state index in [1.54, 1.807) is 6.33 Å². The Balaban J connectivity index is 1.55. The fourth-order valence-electron chi connectivity index (χ4n) is 3.90. The summed E-state index contributed by atoms with van der Waals surface area (Å²) in [7, 11) is 0. The minimum absolute atomic E-state index is 0.0188. The van der Waals surface area contributed by atoms with Crippen molar-refractivity contribution in [2.45, 2.75) is 31.6 Å². The molecule has 2 fully saturated rings. The van der Waals surface area contributed by atoms with E-state index in [0.717, 1.165) is 44.1 Å². The third kappa shape index (κ3) is 3.43. The molecule has 0 amide bonds. The summed E-state index contributed by atoms with van der Waals surface area (Å²) in [5, 5.41) is 0. The van der Waals surface area contributed by atoms with Crippen molar-refractivity contribution < 1.29 is 8.78 Å². The lowest BCUT2D eigenvalue weighted by Crippen LogP contribution is -2.35. The van der Waals surface area contributed by atoms with Gasteiger partial charge >= 0.3 is 0 Å². The zero-order valence-electron chi connectivity index (χ0n) is 14.2. The number of hydrogen-bond acceptors (Lipinski definition) is 4. The number of piperidine rings is 1. The van der Waals surface area contributed by atoms with E-state index in [4.69, 9.17) is 0 Å². The summed E-state index contributed by atoms with van der Waals surface area (Å²) >= 11 is 0. The quantitative estimate of drug-likeness (QED) is 0.849. The first kappa shape index (κ1) is 16.2. The van der Waals surface area contributed by atoms with Crippen molar-refractivity contribution in [1.29, 1.82) is 0 Å².